The number of rotatable bonds is 3. The van der Waals surface area contributed by atoms with Gasteiger partial charge < -0.3 is 10.4 Å². The minimum absolute atomic E-state index is 0.0110. The predicted octanol–water partition coefficient (Wildman–Crippen LogP) is 2.93. The number of aliphatic hydroxyl groups excluding tert-OH is 1. The molecule has 0 unspecified atom stereocenters. The van der Waals surface area contributed by atoms with Crippen LogP contribution in [0.5, 0.6) is 0 Å². The number of nitriles is 1. The molecule has 1 heterocycles. The Labute approximate surface area is 119 Å². The molecule has 0 bridgehead atoms. The van der Waals surface area contributed by atoms with Crippen LogP contribution < -0.4 is 5.32 Å². The molecule has 0 saturated carbocycles. The lowest BCUT2D eigenvalue weighted by molar-refractivity contribution is 0.201. The van der Waals surface area contributed by atoms with Gasteiger partial charge in [-0.05, 0) is 17.5 Å². The average molecular weight is 269 g/mol. The van der Waals surface area contributed by atoms with Crippen LogP contribution in [0.1, 0.15) is 26.3 Å². The Morgan fingerprint density at radius 2 is 2.05 bits per heavy atom. The fourth-order valence-corrected chi connectivity index (χ4v) is 2.01. The summed E-state index contributed by atoms with van der Waals surface area (Å²) in [4.78, 5) is 4.50. The molecule has 4 heteroatoms. The van der Waals surface area contributed by atoms with Gasteiger partial charge in [0.15, 0.2) is 0 Å². The molecule has 4 nitrogen and oxygen atoms in total. The van der Waals surface area contributed by atoms with Crippen LogP contribution in [0.25, 0.3) is 10.9 Å². The van der Waals surface area contributed by atoms with Crippen molar-refractivity contribution in [1.29, 1.82) is 5.26 Å². The molecule has 0 spiro atoms. The Bertz CT molecular complexity index is 653. The molecule has 0 aliphatic rings. The molecule has 0 fully saturated rings. The van der Waals surface area contributed by atoms with E-state index in [1.807, 2.05) is 51.1 Å². The molecule has 20 heavy (non-hydrogen) atoms. The maximum Gasteiger partial charge on any atom is 0.144 e. The van der Waals surface area contributed by atoms with Gasteiger partial charge in [0, 0.05) is 5.39 Å². The van der Waals surface area contributed by atoms with Crippen molar-refractivity contribution in [3.8, 4) is 6.07 Å². The highest BCUT2D eigenvalue weighted by Crippen LogP contribution is 2.25. The molecule has 2 rings (SSSR count). The van der Waals surface area contributed by atoms with E-state index in [2.05, 4.69) is 16.4 Å². The van der Waals surface area contributed by atoms with Crippen molar-refractivity contribution < 1.29 is 5.11 Å². The summed E-state index contributed by atoms with van der Waals surface area (Å²) in [5, 5.41) is 22.9. The topological polar surface area (TPSA) is 68.9 Å². The number of hydrogen-bond acceptors (Lipinski definition) is 4. The second-order valence-corrected chi connectivity index (χ2v) is 5.93. The Balaban J connectivity index is 2.45. The number of para-hydroxylation sites is 1. The van der Waals surface area contributed by atoms with E-state index in [-0.39, 0.29) is 18.1 Å². The van der Waals surface area contributed by atoms with E-state index in [0.717, 1.165) is 10.9 Å². The average Bonchev–Trinajstić information content (AvgIpc) is 2.42. The van der Waals surface area contributed by atoms with E-state index in [4.69, 9.17) is 0 Å². The number of fused-ring (bicyclic) bond motifs is 1. The fraction of sp³-hybridized carbons (Fsp3) is 0.375. The first-order valence-corrected chi connectivity index (χ1v) is 6.63. The Morgan fingerprint density at radius 3 is 2.65 bits per heavy atom. The minimum Gasteiger partial charge on any atom is -0.394 e. The van der Waals surface area contributed by atoms with Gasteiger partial charge in [-0.25, -0.2) is 4.98 Å². The van der Waals surface area contributed by atoms with Gasteiger partial charge in [0.2, 0.25) is 0 Å². The van der Waals surface area contributed by atoms with Crippen LogP contribution in [-0.4, -0.2) is 22.7 Å². The fourth-order valence-electron chi connectivity index (χ4n) is 2.01. The van der Waals surface area contributed by atoms with Crippen LogP contribution in [0.2, 0.25) is 0 Å². The van der Waals surface area contributed by atoms with Gasteiger partial charge in [0.1, 0.15) is 11.9 Å². The van der Waals surface area contributed by atoms with Gasteiger partial charge in [0.25, 0.3) is 0 Å². The van der Waals surface area contributed by atoms with Gasteiger partial charge in [-0.3, -0.25) is 0 Å². The number of aliphatic hydroxyl groups is 1. The Morgan fingerprint density at radius 1 is 1.35 bits per heavy atom. The van der Waals surface area contributed by atoms with Gasteiger partial charge in [0.05, 0.1) is 23.7 Å². The third-order valence-electron chi connectivity index (χ3n) is 3.38. The number of pyridine rings is 1. The van der Waals surface area contributed by atoms with Gasteiger partial charge in [-0.1, -0.05) is 39.0 Å². The molecule has 2 aromatic rings. The van der Waals surface area contributed by atoms with Crippen LogP contribution >= 0.6 is 0 Å². The van der Waals surface area contributed by atoms with Crippen molar-refractivity contribution in [2.24, 2.45) is 5.41 Å². The molecule has 0 amide bonds. The maximum atomic E-state index is 9.53. The Hall–Kier alpha value is -2.12. The molecule has 0 aliphatic carbocycles. The van der Waals surface area contributed by atoms with Gasteiger partial charge in [-0.15, -0.1) is 0 Å². The summed E-state index contributed by atoms with van der Waals surface area (Å²) in [6, 6.07) is 11.5. The molecule has 0 radical (unpaired) electrons. The lowest BCUT2D eigenvalue weighted by Gasteiger charge is -2.30. The molecular formula is C16H19N3O. The molecular weight excluding hydrogens is 250 g/mol. The zero-order valence-electron chi connectivity index (χ0n) is 12.0. The monoisotopic (exact) mass is 269 g/mol. The second-order valence-electron chi connectivity index (χ2n) is 5.93. The van der Waals surface area contributed by atoms with Crippen LogP contribution in [0.15, 0.2) is 30.3 Å². The molecule has 1 aromatic carbocycles. The molecule has 104 valence electrons. The first-order chi connectivity index (χ1) is 9.45. The zero-order valence-corrected chi connectivity index (χ0v) is 12.0. The summed E-state index contributed by atoms with van der Waals surface area (Å²) in [6.07, 6.45) is 0. The van der Waals surface area contributed by atoms with Crippen molar-refractivity contribution in [2.45, 2.75) is 26.8 Å². The van der Waals surface area contributed by atoms with Crippen molar-refractivity contribution in [1.82, 2.24) is 4.98 Å². The number of benzene rings is 1. The summed E-state index contributed by atoms with van der Waals surface area (Å²) < 4.78 is 0. The van der Waals surface area contributed by atoms with E-state index in [1.54, 1.807) is 0 Å². The van der Waals surface area contributed by atoms with E-state index in [1.165, 1.54) is 0 Å². The van der Waals surface area contributed by atoms with E-state index in [9.17, 15) is 10.4 Å². The molecule has 1 atom stereocenters. The van der Waals surface area contributed by atoms with E-state index in [0.29, 0.717) is 11.4 Å². The third-order valence-corrected chi connectivity index (χ3v) is 3.38. The van der Waals surface area contributed by atoms with Crippen LogP contribution in [0.3, 0.4) is 0 Å². The lowest BCUT2D eigenvalue weighted by atomic mass is 9.87. The summed E-state index contributed by atoms with van der Waals surface area (Å²) >= 11 is 0. The van der Waals surface area contributed by atoms with Crippen molar-refractivity contribution in [2.75, 3.05) is 11.9 Å². The maximum absolute atomic E-state index is 9.53. The van der Waals surface area contributed by atoms with Crippen molar-refractivity contribution >= 4 is 16.7 Å². The van der Waals surface area contributed by atoms with Gasteiger partial charge >= 0.3 is 0 Å². The quantitative estimate of drug-likeness (QED) is 0.899. The number of nitrogens with one attached hydrogen (secondary N) is 1. The zero-order chi connectivity index (χ0) is 14.8. The number of hydrogen-bond donors (Lipinski definition) is 2. The highest BCUT2D eigenvalue weighted by Gasteiger charge is 2.25. The lowest BCUT2D eigenvalue weighted by Crippen LogP contribution is -2.37. The molecule has 1 aromatic heterocycles. The predicted molar refractivity (Wildman–Crippen MR) is 80.4 cm³/mol. The van der Waals surface area contributed by atoms with Crippen LogP contribution in [0.4, 0.5) is 5.82 Å². The summed E-state index contributed by atoms with van der Waals surface area (Å²) in [6.45, 7) is 6.10. The molecule has 0 saturated heterocycles. The first kappa shape index (κ1) is 14.3. The number of nitrogens with zero attached hydrogens (tertiary/aromatic N) is 2. The smallest absolute Gasteiger partial charge is 0.144 e. The van der Waals surface area contributed by atoms with Crippen molar-refractivity contribution in [3.63, 3.8) is 0 Å². The first-order valence-electron chi connectivity index (χ1n) is 6.63. The molecule has 0 aliphatic heterocycles. The second kappa shape index (κ2) is 5.48. The Kier molecular flexibility index (Phi) is 3.91. The summed E-state index contributed by atoms with van der Waals surface area (Å²) in [7, 11) is 0. The highest BCUT2D eigenvalue weighted by molar-refractivity contribution is 5.82. The minimum atomic E-state index is -0.164. The van der Waals surface area contributed by atoms with E-state index >= 15 is 0 Å². The SMILES string of the molecule is CC(C)(C)[C@@H](CO)Nc1nc2ccccc2cc1C#N. The van der Waals surface area contributed by atoms with Crippen LogP contribution in [0, 0.1) is 16.7 Å². The largest absolute Gasteiger partial charge is 0.394 e. The number of aromatic nitrogens is 1. The van der Waals surface area contributed by atoms with Gasteiger partial charge in [-0.2, -0.15) is 5.26 Å². The normalized spacial score (nSPS) is 12.9. The highest BCUT2D eigenvalue weighted by atomic mass is 16.3. The standard InChI is InChI=1S/C16H19N3O/c1-16(2,3)14(10-20)19-15-12(9-17)8-11-6-4-5-7-13(11)18-15/h4-8,14,20H,10H2,1-3H3,(H,18,19)/t14-/m1/s1. The third kappa shape index (κ3) is 2.89. The van der Waals surface area contributed by atoms with Crippen molar-refractivity contribution in [3.05, 3.63) is 35.9 Å². The van der Waals surface area contributed by atoms with Crippen LogP contribution in [-0.2, 0) is 0 Å². The summed E-state index contributed by atoms with van der Waals surface area (Å²) in [5.41, 5.74) is 1.19. The van der Waals surface area contributed by atoms with E-state index < -0.39 is 0 Å². The number of anilines is 1. The molecule has 2 N–H and O–H groups in total. The summed E-state index contributed by atoms with van der Waals surface area (Å²) in [5.74, 6) is 0.528.